The van der Waals surface area contributed by atoms with Crippen LogP contribution in [0.1, 0.15) is 46.5 Å². The fourth-order valence-corrected chi connectivity index (χ4v) is 4.54. The molecule has 5 atom stereocenters. The predicted octanol–water partition coefficient (Wildman–Crippen LogP) is 2.23. The Hall–Kier alpha value is -0.670. The minimum atomic E-state index is -0.888. The van der Waals surface area contributed by atoms with Gasteiger partial charge in [0, 0.05) is 18.3 Å². The van der Waals surface area contributed by atoms with Gasteiger partial charge in [0.15, 0.2) is 0 Å². The molecule has 3 heteroatoms. The van der Waals surface area contributed by atoms with Crippen molar-refractivity contribution in [1.82, 2.24) is 0 Å². The van der Waals surface area contributed by atoms with E-state index in [4.69, 9.17) is 4.74 Å². The minimum Gasteiger partial charge on any atom is -0.386 e. The lowest BCUT2D eigenvalue weighted by molar-refractivity contribution is -0.173. The van der Waals surface area contributed by atoms with E-state index in [1.807, 2.05) is 20.8 Å². The van der Waals surface area contributed by atoms with E-state index in [2.05, 4.69) is 6.58 Å². The molecule has 0 aromatic rings. The Morgan fingerprint density at radius 1 is 1.44 bits per heavy atom. The van der Waals surface area contributed by atoms with E-state index < -0.39 is 16.6 Å². The van der Waals surface area contributed by atoms with Crippen LogP contribution < -0.4 is 0 Å². The number of hydrogen-bond acceptors (Lipinski definition) is 3. The van der Waals surface area contributed by atoms with Crippen molar-refractivity contribution in [2.75, 3.05) is 0 Å². The van der Waals surface area contributed by atoms with Crippen LogP contribution in [0.2, 0.25) is 0 Å². The summed E-state index contributed by atoms with van der Waals surface area (Å²) in [5.74, 6) is 0.532. The van der Waals surface area contributed by atoms with Gasteiger partial charge in [-0.15, -0.1) is 0 Å². The number of ether oxygens (including phenoxy) is 1. The lowest BCUT2D eigenvalue weighted by Crippen LogP contribution is -2.64. The van der Waals surface area contributed by atoms with Gasteiger partial charge in [-0.05, 0) is 32.6 Å². The molecule has 3 aliphatic rings. The third-order valence-electron chi connectivity index (χ3n) is 5.77. The van der Waals surface area contributed by atoms with Crippen LogP contribution in [0.4, 0.5) is 0 Å². The van der Waals surface area contributed by atoms with Gasteiger partial charge in [0.25, 0.3) is 0 Å². The summed E-state index contributed by atoms with van der Waals surface area (Å²) in [6.45, 7) is 9.97. The monoisotopic (exact) mass is 250 g/mol. The second-order valence-electron chi connectivity index (χ2n) is 6.99. The number of hydrogen-bond donors (Lipinski definition) is 1. The summed E-state index contributed by atoms with van der Waals surface area (Å²) >= 11 is 0. The van der Waals surface area contributed by atoms with Crippen LogP contribution in [0.15, 0.2) is 12.2 Å². The van der Waals surface area contributed by atoms with Crippen molar-refractivity contribution in [2.24, 2.45) is 11.3 Å². The minimum absolute atomic E-state index is 0.0191. The average Bonchev–Trinajstić information content (AvgIpc) is 2.36. The van der Waals surface area contributed by atoms with Crippen LogP contribution in [0.5, 0.6) is 0 Å². The summed E-state index contributed by atoms with van der Waals surface area (Å²) in [5, 5.41) is 11.2. The van der Waals surface area contributed by atoms with Gasteiger partial charge in [0.1, 0.15) is 17.0 Å². The summed E-state index contributed by atoms with van der Waals surface area (Å²) < 4.78 is 6.14. The van der Waals surface area contributed by atoms with Crippen molar-refractivity contribution in [1.29, 1.82) is 0 Å². The molecule has 1 aliphatic heterocycles. The van der Waals surface area contributed by atoms with Crippen molar-refractivity contribution in [2.45, 2.75) is 63.8 Å². The molecule has 0 radical (unpaired) electrons. The molecule has 1 N–H and O–H groups in total. The molecule has 3 nitrogen and oxygen atoms in total. The third kappa shape index (κ3) is 1.19. The zero-order valence-corrected chi connectivity index (χ0v) is 11.5. The summed E-state index contributed by atoms with van der Waals surface area (Å²) in [6.07, 6.45) is 2.34. The maximum absolute atomic E-state index is 11.9. The Labute approximate surface area is 108 Å². The third-order valence-corrected chi connectivity index (χ3v) is 5.77. The molecule has 0 aromatic heterocycles. The number of carbonyl (C=O) groups is 1. The molecule has 2 aliphatic carbocycles. The summed E-state index contributed by atoms with van der Waals surface area (Å²) in [7, 11) is 0. The van der Waals surface area contributed by atoms with Crippen LogP contribution in [-0.2, 0) is 9.53 Å². The van der Waals surface area contributed by atoms with E-state index in [9.17, 15) is 9.90 Å². The molecule has 0 spiro atoms. The van der Waals surface area contributed by atoms with Crippen molar-refractivity contribution < 1.29 is 14.6 Å². The number of aliphatic hydroxyl groups is 1. The highest BCUT2D eigenvalue weighted by atomic mass is 16.5. The Balaban J connectivity index is 2.08. The van der Waals surface area contributed by atoms with Gasteiger partial charge in [0.05, 0.1) is 6.10 Å². The van der Waals surface area contributed by atoms with Crippen molar-refractivity contribution in [3.63, 3.8) is 0 Å². The van der Waals surface area contributed by atoms with E-state index in [0.29, 0.717) is 25.2 Å². The maximum Gasteiger partial charge on any atom is 0.136 e. The zero-order chi connectivity index (χ0) is 13.3. The average molecular weight is 250 g/mol. The molecule has 18 heavy (non-hydrogen) atoms. The molecule has 3 fully saturated rings. The quantitative estimate of drug-likeness (QED) is 0.726. The summed E-state index contributed by atoms with van der Waals surface area (Å²) in [4.78, 5) is 11.9. The van der Waals surface area contributed by atoms with Crippen molar-refractivity contribution in [3.8, 4) is 0 Å². The van der Waals surface area contributed by atoms with Gasteiger partial charge in [0.2, 0.25) is 0 Å². The van der Waals surface area contributed by atoms with Gasteiger partial charge in [-0.3, -0.25) is 4.79 Å². The molecule has 2 saturated carbocycles. The van der Waals surface area contributed by atoms with Gasteiger partial charge >= 0.3 is 0 Å². The predicted molar refractivity (Wildman–Crippen MR) is 68.1 cm³/mol. The van der Waals surface area contributed by atoms with Crippen LogP contribution >= 0.6 is 0 Å². The Morgan fingerprint density at radius 2 is 2.11 bits per heavy atom. The van der Waals surface area contributed by atoms with E-state index in [1.54, 1.807) is 0 Å². The first kappa shape index (κ1) is 12.4. The van der Waals surface area contributed by atoms with Crippen LogP contribution in [0.25, 0.3) is 0 Å². The van der Waals surface area contributed by atoms with Gasteiger partial charge < -0.3 is 9.84 Å². The molecule has 4 bridgehead atoms. The normalized spacial score (nSPS) is 54.6. The summed E-state index contributed by atoms with van der Waals surface area (Å²) in [6, 6.07) is 0. The van der Waals surface area contributed by atoms with Gasteiger partial charge in [-0.2, -0.15) is 0 Å². The molecular formula is C15H22O3. The number of ketones is 1. The fraction of sp³-hybridized carbons (Fsp3) is 0.800. The Kier molecular flexibility index (Phi) is 2.24. The van der Waals surface area contributed by atoms with E-state index in [1.165, 1.54) is 0 Å². The highest BCUT2D eigenvalue weighted by Crippen LogP contribution is 2.65. The Morgan fingerprint density at radius 3 is 2.72 bits per heavy atom. The topological polar surface area (TPSA) is 46.5 Å². The first-order valence-electron chi connectivity index (χ1n) is 6.79. The van der Waals surface area contributed by atoms with Crippen LogP contribution in [0, 0.1) is 11.3 Å². The molecular weight excluding hydrogens is 228 g/mol. The van der Waals surface area contributed by atoms with Gasteiger partial charge in [-0.1, -0.05) is 19.1 Å². The molecule has 100 valence electrons. The molecule has 0 amide bonds. The molecule has 0 aromatic carbocycles. The Bertz CT molecular complexity index is 443. The van der Waals surface area contributed by atoms with Gasteiger partial charge in [-0.25, -0.2) is 0 Å². The van der Waals surface area contributed by atoms with E-state index in [0.717, 1.165) is 12.0 Å². The first-order chi connectivity index (χ1) is 8.22. The smallest absolute Gasteiger partial charge is 0.136 e. The van der Waals surface area contributed by atoms with Crippen LogP contribution in [-0.4, -0.2) is 28.2 Å². The highest BCUT2D eigenvalue weighted by Gasteiger charge is 2.74. The number of Topliss-reactive ketones (excluding diaryl/α,β-unsaturated/α-hetero) is 1. The number of rotatable bonds is 1. The zero-order valence-electron chi connectivity index (χ0n) is 11.5. The largest absolute Gasteiger partial charge is 0.386 e. The SMILES string of the molecule is C=C(C)[C@H]1C[C@H]2O[C@]3(C)CC(=O)C[C@]2(C)[C@@]3(O)C1. The fourth-order valence-electron chi connectivity index (χ4n) is 4.54. The lowest BCUT2D eigenvalue weighted by Gasteiger charge is -2.53. The highest BCUT2D eigenvalue weighted by molar-refractivity contribution is 5.83. The number of carbonyl (C=O) groups excluding carboxylic acids is 1. The van der Waals surface area contributed by atoms with E-state index >= 15 is 0 Å². The molecule has 1 saturated heterocycles. The van der Waals surface area contributed by atoms with E-state index in [-0.39, 0.29) is 11.9 Å². The maximum atomic E-state index is 11.9. The summed E-state index contributed by atoms with van der Waals surface area (Å²) in [5.41, 5.74) is -0.893. The van der Waals surface area contributed by atoms with Crippen molar-refractivity contribution in [3.05, 3.63) is 12.2 Å². The van der Waals surface area contributed by atoms with Crippen molar-refractivity contribution >= 4 is 5.78 Å². The van der Waals surface area contributed by atoms with Crippen LogP contribution in [0.3, 0.4) is 0 Å². The molecule has 3 rings (SSSR count). The number of allylic oxidation sites excluding steroid dienone is 1. The molecule has 1 heterocycles. The first-order valence-corrected chi connectivity index (χ1v) is 6.79. The second-order valence-corrected chi connectivity index (χ2v) is 6.99. The standard InChI is InChI=1S/C15H22O3/c1-9(2)10-5-12-13(3)7-11(16)8-14(4,18-12)15(13,17)6-10/h10,12,17H,1,5-8H2,2-4H3/t10-,12+,13-,14+,15-/m0/s1. The molecule has 0 unspecified atom stereocenters. The lowest BCUT2D eigenvalue weighted by atomic mass is 9.51. The second kappa shape index (κ2) is 3.26.